The minimum Gasteiger partial charge on any atom is -0.388 e. The van der Waals surface area contributed by atoms with Crippen LogP contribution in [0, 0.1) is 0 Å². The van der Waals surface area contributed by atoms with Gasteiger partial charge in [0.05, 0.1) is 10.9 Å². The highest BCUT2D eigenvalue weighted by Gasteiger charge is 2.18. The highest BCUT2D eigenvalue weighted by atomic mass is 16.4. The summed E-state index contributed by atoms with van der Waals surface area (Å²) >= 11 is 0. The van der Waals surface area contributed by atoms with Crippen molar-refractivity contribution in [1.82, 2.24) is 10.3 Å². The molecule has 1 aromatic heterocycles. The summed E-state index contributed by atoms with van der Waals surface area (Å²) in [6.07, 6.45) is 0. The number of hydrogen-bond acceptors (Lipinski definition) is 4. The van der Waals surface area contributed by atoms with E-state index >= 15 is 0 Å². The molecule has 6 heteroatoms. The summed E-state index contributed by atoms with van der Waals surface area (Å²) in [6.45, 7) is 4.45. The van der Waals surface area contributed by atoms with Gasteiger partial charge in [-0.05, 0) is 26.0 Å². The molecule has 6 nitrogen and oxygen atoms in total. The predicted octanol–water partition coefficient (Wildman–Crippen LogP) is 1.74. The third-order valence-electron chi connectivity index (χ3n) is 2.64. The number of anilines is 1. The van der Waals surface area contributed by atoms with Gasteiger partial charge < -0.3 is 9.73 Å². The number of aromatic nitrogens is 1. The molecule has 0 aliphatic rings. The average molecular weight is 261 g/mol. The first-order valence-corrected chi connectivity index (χ1v) is 6.12. The summed E-state index contributed by atoms with van der Waals surface area (Å²) in [4.78, 5) is 29.2. The van der Waals surface area contributed by atoms with Crippen molar-refractivity contribution in [2.75, 3.05) is 18.0 Å². The first-order valence-electron chi connectivity index (χ1n) is 6.12. The van der Waals surface area contributed by atoms with Crippen molar-refractivity contribution in [3.05, 3.63) is 34.7 Å². The highest BCUT2D eigenvalue weighted by Crippen LogP contribution is 2.14. The quantitative estimate of drug-likeness (QED) is 0.913. The first-order chi connectivity index (χ1) is 9.17. The van der Waals surface area contributed by atoms with Gasteiger partial charge in [0.1, 0.15) is 0 Å². The van der Waals surface area contributed by atoms with Crippen LogP contribution in [-0.2, 0) is 0 Å². The number of hydrogen-bond donors (Lipinski definition) is 1. The van der Waals surface area contributed by atoms with Crippen molar-refractivity contribution in [3.63, 3.8) is 0 Å². The fourth-order valence-electron chi connectivity index (χ4n) is 1.74. The molecular weight excluding hydrogens is 246 g/mol. The molecule has 1 N–H and O–H groups in total. The van der Waals surface area contributed by atoms with E-state index in [1.807, 2.05) is 6.92 Å². The van der Waals surface area contributed by atoms with Gasteiger partial charge in [-0.25, -0.2) is 14.5 Å². The third kappa shape index (κ3) is 2.57. The third-order valence-corrected chi connectivity index (χ3v) is 2.64. The monoisotopic (exact) mass is 261 g/mol. The van der Waals surface area contributed by atoms with Crippen LogP contribution in [0.4, 0.5) is 10.8 Å². The van der Waals surface area contributed by atoms with Gasteiger partial charge in [-0.1, -0.05) is 12.1 Å². The summed E-state index contributed by atoms with van der Waals surface area (Å²) in [7, 11) is 0. The number of urea groups is 1. The molecule has 1 aromatic carbocycles. The van der Waals surface area contributed by atoms with E-state index in [0.29, 0.717) is 24.0 Å². The predicted molar refractivity (Wildman–Crippen MR) is 72.4 cm³/mol. The van der Waals surface area contributed by atoms with Crippen LogP contribution >= 0.6 is 0 Å². The van der Waals surface area contributed by atoms with Gasteiger partial charge >= 0.3 is 17.7 Å². The molecule has 2 aromatic rings. The standard InChI is InChI=1S/C13H15N3O3/c1-3-14-12(18)16(4-2)13-15-10-8-6-5-7-9(10)11(17)19-13/h5-8H,3-4H2,1-2H3,(H,14,18). The second-order valence-electron chi connectivity index (χ2n) is 3.88. The molecule has 100 valence electrons. The van der Waals surface area contributed by atoms with Crippen molar-refractivity contribution in [2.45, 2.75) is 13.8 Å². The Labute approximate surface area is 110 Å². The molecule has 0 atom stereocenters. The number of benzene rings is 1. The van der Waals surface area contributed by atoms with Crippen molar-refractivity contribution in [2.24, 2.45) is 0 Å². The molecule has 0 fully saturated rings. The maximum atomic E-state index is 11.8. The molecule has 0 aliphatic carbocycles. The molecule has 0 aliphatic heterocycles. The largest absolute Gasteiger partial charge is 0.388 e. The Bertz CT molecular complexity index is 651. The number of rotatable bonds is 3. The topological polar surface area (TPSA) is 75.4 Å². The van der Waals surface area contributed by atoms with E-state index in [4.69, 9.17) is 4.42 Å². The molecule has 1 heterocycles. The van der Waals surface area contributed by atoms with Crippen LogP contribution < -0.4 is 15.8 Å². The van der Waals surface area contributed by atoms with Crippen LogP contribution in [0.3, 0.4) is 0 Å². The molecule has 19 heavy (non-hydrogen) atoms. The Morgan fingerprint density at radius 3 is 2.79 bits per heavy atom. The Morgan fingerprint density at radius 2 is 2.11 bits per heavy atom. The van der Waals surface area contributed by atoms with Crippen LogP contribution in [0.15, 0.2) is 33.5 Å². The van der Waals surface area contributed by atoms with Crippen LogP contribution in [0.1, 0.15) is 13.8 Å². The number of nitrogens with zero attached hydrogens (tertiary/aromatic N) is 2. The van der Waals surface area contributed by atoms with Crippen LogP contribution in [0.25, 0.3) is 10.9 Å². The zero-order chi connectivity index (χ0) is 13.8. The van der Waals surface area contributed by atoms with Gasteiger partial charge in [-0.15, -0.1) is 0 Å². The van der Waals surface area contributed by atoms with Crippen LogP contribution in [-0.4, -0.2) is 24.1 Å². The molecule has 2 amide bonds. The van der Waals surface area contributed by atoms with E-state index in [0.717, 1.165) is 0 Å². The number of fused-ring (bicyclic) bond motifs is 1. The summed E-state index contributed by atoms with van der Waals surface area (Å²) in [5, 5.41) is 3.05. The SMILES string of the molecule is CCNC(=O)N(CC)c1nc2ccccc2c(=O)o1. The molecule has 0 spiro atoms. The fraction of sp³-hybridized carbons (Fsp3) is 0.308. The van der Waals surface area contributed by atoms with Gasteiger partial charge in [0.25, 0.3) is 0 Å². The molecule has 2 rings (SSSR count). The molecule has 0 saturated heterocycles. The Balaban J connectivity index is 2.49. The van der Waals surface area contributed by atoms with Gasteiger partial charge in [0.15, 0.2) is 0 Å². The second-order valence-corrected chi connectivity index (χ2v) is 3.88. The maximum absolute atomic E-state index is 11.8. The van der Waals surface area contributed by atoms with Gasteiger partial charge in [0, 0.05) is 13.1 Å². The van der Waals surface area contributed by atoms with Gasteiger partial charge in [-0.2, -0.15) is 4.98 Å². The summed E-state index contributed by atoms with van der Waals surface area (Å²) < 4.78 is 5.11. The van der Waals surface area contributed by atoms with Crippen molar-refractivity contribution < 1.29 is 9.21 Å². The lowest BCUT2D eigenvalue weighted by Crippen LogP contribution is -2.40. The summed E-state index contributed by atoms with van der Waals surface area (Å²) in [5.41, 5.74) is 0.0137. The van der Waals surface area contributed by atoms with E-state index in [1.54, 1.807) is 31.2 Å². The molecule has 0 radical (unpaired) electrons. The lowest BCUT2D eigenvalue weighted by atomic mass is 10.2. The summed E-state index contributed by atoms with van der Waals surface area (Å²) in [6, 6.07) is 6.54. The first kappa shape index (κ1) is 13.1. The molecule has 0 saturated carbocycles. The van der Waals surface area contributed by atoms with E-state index in [1.165, 1.54) is 4.90 Å². The molecular formula is C13H15N3O3. The Hall–Kier alpha value is -2.37. The number of para-hydroxylation sites is 1. The van der Waals surface area contributed by atoms with E-state index in [-0.39, 0.29) is 12.0 Å². The van der Waals surface area contributed by atoms with Gasteiger partial charge in [-0.3, -0.25) is 0 Å². The summed E-state index contributed by atoms with van der Waals surface area (Å²) in [5.74, 6) is 0. The number of carbonyl (C=O) groups is 1. The highest BCUT2D eigenvalue weighted by molar-refractivity contribution is 5.90. The van der Waals surface area contributed by atoms with Crippen molar-refractivity contribution in [3.8, 4) is 0 Å². The lowest BCUT2D eigenvalue weighted by Gasteiger charge is -2.17. The number of carbonyl (C=O) groups excluding carboxylic acids is 1. The normalized spacial score (nSPS) is 10.4. The fourth-order valence-corrected chi connectivity index (χ4v) is 1.74. The van der Waals surface area contributed by atoms with Crippen molar-refractivity contribution in [1.29, 1.82) is 0 Å². The minimum atomic E-state index is -0.497. The second kappa shape index (κ2) is 5.51. The average Bonchev–Trinajstić information content (AvgIpc) is 2.40. The molecule has 0 bridgehead atoms. The van der Waals surface area contributed by atoms with Crippen molar-refractivity contribution >= 4 is 22.9 Å². The van der Waals surface area contributed by atoms with E-state index in [9.17, 15) is 9.59 Å². The smallest absolute Gasteiger partial charge is 0.348 e. The minimum absolute atomic E-state index is 0.0113. The van der Waals surface area contributed by atoms with Crippen LogP contribution in [0.5, 0.6) is 0 Å². The van der Waals surface area contributed by atoms with E-state index in [2.05, 4.69) is 10.3 Å². The lowest BCUT2D eigenvalue weighted by molar-refractivity contribution is 0.245. The Kier molecular flexibility index (Phi) is 3.79. The maximum Gasteiger partial charge on any atom is 0.348 e. The zero-order valence-corrected chi connectivity index (χ0v) is 10.8. The number of amides is 2. The Morgan fingerprint density at radius 1 is 1.37 bits per heavy atom. The van der Waals surface area contributed by atoms with Gasteiger partial charge in [0.2, 0.25) is 0 Å². The number of nitrogens with one attached hydrogen (secondary N) is 1. The van der Waals surface area contributed by atoms with E-state index < -0.39 is 5.63 Å². The molecule has 0 unspecified atom stereocenters. The zero-order valence-electron chi connectivity index (χ0n) is 10.8. The van der Waals surface area contributed by atoms with Crippen LogP contribution in [0.2, 0.25) is 0 Å².